The first-order valence-corrected chi connectivity index (χ1v) is 12.0. The molecule has 1 aromatic heterocycles. The third kappa shape index (κ3) is 4.73. The maximum Gasteiger partial charge on any atom is 0.261 e. The van der Waals surface area contributed by atoms with E-state index >= 15 is 0 Å². The van der Waals surface area contributed by atoms with Crippen molar-refractivity contribution in [2.45, 2.75) is 19.9 Å². The van der Waals surface area contributed by atoms with E-state index in [9.17, 15) is 14.0 Å². The van der Waals surface area contributed by atoms with E-state index < -0.39 is 17.8 Å². The van der Waals surface area contributed by atoms with Crippen LogP contribution in [-0.4, -0.2) is 28.7 Å². The Labute approximate surface area is 219 Å². The van der Waals surface area contributed by atoms with E-state index in [0.29, 0.717) is 34.2 Å². The van der Waals surface area contributed by atoms with Crippen LogP contribution in [0, 0.1) is 12.7 Å². The Morgan fingerprint density at radius 3 is 2.37 bits per heavy atom. The van der Waals surface area contributed by atoms with Gasteiger partial charge in [-0.3, -0.25) is 9.59 Å². The molecular weight excluding hydrogens is 485 g/mol. The number of hydrogen-bond donors (Lipinski definition) is 3. The predicted octanol–water partition coefficient (Wildman–Crippen LogP) is 5.52. The third-order valence-corrected chi connectivity index (χ3v) is 6.36. The van der Waals surface area contributed by atoms with Crippen LogP contribution in [0.15, 0.2) is 90.3 Å². The number of ether oxygens (including phenoxy) is 1. The van der Waals surface area contributed by atoms with Crippen LogP contribution in [0.5, 0.6) is 5.75 Å². The number of amides is 2. The van der Waals surface area contributed by atoms with Crippen LogP contribution >= 0.6 is 0 Å². The number of nitrogens with zero attached hydrogens (tertiary/aromatic N) is 2. The number of rotatable bonds is 6. The maximum absolute atomic E-state index is 13.7. The van der Waals surface area contributed by atoms with Crippen molar-refractivity contribution >= 4 is 29.0 Å². The van der Waals surface area contributed by atoms with Crippen molar-refractivity contribution in [1.29, 1.82) is 0 Å². The van der Waals surface area contributed by atoms with Crippen molar-refractivity contribution in [2.24, 2.45) is 0 Å². The Hall–Kier alpha value is -4.92. The van der Waals surface area contributed by atoms with E-state index in [0.717, 1.165) is 11.1 Å². The number of carbonyl (C=O) groups excluding carboxylic acids is 2. The Balaban J connectivity index is 1.54. The number of carbonyl (C=O) groups is 2. The molecule has 192 valence electrons. The van der Waals surface area contributed by atoms with Gasteiger partial charge in [-0.15, -0.1) is 0 Å². The number of aromatic nitrogens is 2. The molecule has 4 aromatic rings. The number of allylic oxidation sites excluding steroid dienone is 1. The summed E-state index contributed by atoms with van der Waals surface area (Å²) >= 11 is 0. The summed E-state index contributed by atoms with van der Waals surface area (Å²) in [5, 5.41) is 13.5. The first-order chi connectivity index (χ1) is 18.4. The molecule has 0 saturated heterocycles. The first-order valence-electron chi connectivity index (χ1n) is 12.0. The number of anilines is 3. The molecule has 8 nitrogen and oxygen atoms in total. The minimum atomic E-state index is -0.603. The number of halogens is 1. The fraction of sp³-hybridized carbons (Fsp3) is 0.138. The average Bonchev–Trinajstić information content (AvgIpc) is 3.33. The molecule has 3 aromatic carbocycles. The standard InChI is InChI=1S/C29H26FN5O3/c1-17-8-10-19(11-9-17)26-25(29(37)34-23-6-4-5-7-24(23)38-3)18(2)32-27-22(16-31-35(26)27)28(36)33-21-14-12-20(30)13-15-21/h4-16,26,32H,1-3H3,(H,33,36)(H,34,37)/t26-/m1/s1. The summed E-state index contributed by atoms with van der Waals surface area (Å²) in [7, 11) is 1.54. The minimum absolute atomic E-state index is 0.287. The Morgan fingerprint density at radius 1 is 0.947 bits per heavy atom. The molecule has 3 N–H and O–H groups in total. The molecule has 0 radical (unpaired) electrons. The van der Waals surface area contributed by atoms with Crippen LogP contribution < -0.4 is 20.7 Å². The van der Waals surface area contributed by atoms with Crippen molar-refractivity contribution in [1.82, 2.24) is 9.78 Å². The summed E-state index contributed by atoms with van der Waals surface area (Å²) < 4.78 is 20.3. The zero-order valence-electron chi connectivity index (χ0n) is 21.1. The summed E-state index contributed by atoms with van der Waals surface area (Å²) in [5.41, 5.74) is 4.20. The van der Waals surface area contributed by atoms with Gasteiger partial charge in [-0.25, -0.2) is 9.07 Å². The summed E-state index contributed by atoms with van der Waals surface area (Å²) in [5.74, 6) is -0.157. The minimum Gasteiger partial charge on any atom is -0.495 e. The van der Waals surface area contributed by atoms with Gasteiger partial charge in [0.1, 0.15) is 29.0 Å². The van der Waals surface area contributed by atoms with Crippen molar-refractivity contribution in [2.75, 3.05) is 23.1 Å². The molecule has 2 heterocycles. The summed E-state index contributed by atoms with van der Waals surface area (Å²) in [6, 6.07) is 19.9. The summed E-state index contributed by atoms with van der Waals surface area (Å²) in [6.07, 6.45) is 1.46. The van der Waals surface area contributed by atoms with Gasteiger partial charge in [0.15, 0.2) is 0 Å². The lowest BCUT2D eigenvalue weighted by atomic mass is 9.94. The number of aryl methyl sites for hydroxylation is 1. The molecule has 1 aliphatic rings. The molecular formula is C29H26FN5O3. The highest BCUT2D eigenvalue weighted by Gasteiger charge is 2.35. The van der Waals surface area contributed by atoms with E-state index in [1.54, 1.807) is 30.8 Å². The normalized spacial score (nSPS) is 14.4. The topological polar surface area (TPSA) is 97.3 Å². The van der Waals surface area contributed by atoms with Crippen LogP contribution in [0.1, 0.15) is 34.5 Å². The fourth-order valence-electron chi connectivity index (χ4n) is 4.44. The SMILES string of the molecule is COc1ccccc1NC(=O)C1=C(C)Nc2c(C(=O)Nc3ccc(F)cc3)cnn2[C@@H]1c1ccc(C)cc1. The van der Waals surface area contributed by atoms with Gasteiger partial charge in [-0.05, 0) is 55.8 Å². The molecule has 0 aliphatic carbocycles. The van der Waals surface area contributed by atoms with Gasteiger partial charge in [0.25, 0.3) is 11.8 Å². The predicted molar refractivity (Wildman–Crippen MR) is 144 cm³/mol. The number of hydrogen-bond acceptors (Lipinski definition) is 5. The van der Waals surface area contributed by atoms with Crippen LogP contribution in [0.25, 0.3) is 0 Å². The molecule has 38 heavy (non-hydrogen) atoms. The van der Waals surface area contributed by atoms with Crippen LogP contribution in [0.3, 0.4) is 0 Å². The fourth-order valence-corrected chi connectivity index (χ4v) is 4.44. The largest absolute Gasteiger partial charge is 0.495 e. The van der Waals surface area contributed by atoms with Gasteiger partial charge >= 0.3 is 0 Å². The van der Waals surface area contributed by atoms with Crippen molar-refractivity contribution in [3.05, 3.63) is 113 Å². The zero-order chi connectivity index (χ0) is 26.8. The van der Waals surface area contributed by atoms with Crippen LogP contribution in [0.2, 0.25) is 0 Å². The maximum atomic E-state index is 13.7. The number of methoxy groups -OCH3 is 1. The van der Waals surface area contributed by atoms with Gasteiger partial charge in [-0.2, -0.15) is 5.10 Å². The van der Waals surface area contributed by atoms with Crippen LogP contribution in [0.4, 0.5) is 21.6 Å². The molecule has 2 amide bonds. The molecule has 0 fully saturated rings. The number of fused-ring (bicyclic) bond motifs is 1. The van der Waals surface area contributed by atoms with E-state index in [1.807, 2.05) is 43.3 Å². The van der Waals surface area contributed by atoms with Gasteiger partial charge in [0.05, 0.1) is 24.6 Å². The number of para-hydroxylation sites is 2. The van der Waals surface area contributed by atoms with E-state index in [2.05, 4.69) is 21.0 Å². The molecule has 0 spiro atoms. The molecule has 9 heteroatoms. The number of benzene rings is 3. The van der Waals surface area contributed by atoms with Gasteiger partial charge in [0.2, 0.25) is 0 Å². The van der Waals surface area contributed by atoms with E-state index in [-0.39, 0.29) is 11.5 Å². The lowest BCUT2D eigenvalue weighted by molar-refractivity contribution is -0.113. The highest BCUT2D eigenvalue weighted by atomic mass is 19.1. The first kappa shape index (κ1) is 24.8. The molecule has 5 rings (SSSR count). The molecule has 0 unspecified atom stereocenters. The summed E-state index contributed by atoms with van der Waals surface area (Å²) in [6.45, 7) is 3.77. The van der Waals surface area contributed by atoms with E-state index in [1.165, 1.54) is 30.5 Å². The number of nitrogens with one attached hydrogen (secondary N) is 3. The van der Waals surface area contributed by atoms with Gasteiger partial charge < -0.3 is 20.7 Å². The third-order valence-electron chi connectivity index (χ3n) is 6.36. The lowest BCUT2D eigenvalue weighted by Crippen LogP contribution is -2.32. The molecule has 1 atom stereocenters. The summed E-state index contributed by atoms with van der Waals surface area (Å²) in [4.78, 5) is 26.8. The zero-order valence-corrected chi connectivity index (χ0v) is 21.1. The molecule has 0 bridgehead atoms. The quantitative estimate of drug-likeness (QED) is 0.317. The van der Waals surface area contributed by atoms with Gasteiger partial charge in [0, 0.05) is 11.4 Å². The highest BCUT2D eigenvalue weighted by molar-refractivity contribution is 6.09. The highest BCUT2D eigenvalue weighted by Crippen LogP contribution is 2.38. The Morgan fingerprint density at radius 2 is 1.66 bits per heavy atom. The lowest BCUT2D eigenvalue weighted by Gasteiger charge is -2.30. The van der Waals surface area contributed by atoms with Crippen molar-refractivity contribution in [3.63, 3.8) is 0 Å². The van der Waals surface area contributed by atoms with E-state index in [4.69, 9.17) is 4.74 Å². The smallest absolute Gasteiger partial charge is 0.261 e. The second-order valence-electron chi connectivity index (χ2n) is 8.94. The average molecular weight is 512 g/mol. The van der Waals surface area contributed by atoms with Crippen LogP contribution in [-0.2, 0) is 4.79 Å². The Bertz CT molecular complexity index is 1540. The second-order valence-corrected chi connectivity index (χ2v) is 8.94. The second kappa shape index (κ2) is 10.2. The van der Waals surface area contributed by atoms with Crippen molar-refractivity contribution < 1.29 is 18.7 Å². The van der Waals surface area contributed by atoms with Crippen molar-refractivity contribution in [3.8, 4) is 5.75 Å². The molecule has 1 aliphatic heterocycles. The monoisotopic (exact) mass is 511 g/mol. The molecule has 0 saturated carbocycles. The van der Waals surface area contributed by atoms with Gasteiger partial charge in [-0.1, -0.05) is 42.0 Å². The Kier molecular flexibility index (Phi) is 6.66.